The number of aromatic nitrogens is 1. The summed E-state index contributed by atoms with van der Waals surface area (Å²) in [7, 11) is 0. The molecule has 0 radical (unpaired) electrons. The van der Waals surface area contributed by atoms with E-state index in [1.54, 1.807) is 15.7 Å². The van der Waals surface area contributed by atoms with E-state index in [9.17, 15) is 14.4 Å². The SMILES string of the molecule is C[C@H](NC(=O)Cn1cc(C(=O)C(=O)N2CCCCC2)c2ccccc21)c1ccccc1. The van der Waals surface area contributed by atoms with E-state index < -0.39 is 11.7 Å². The van der Waals surface area contributed by atoms with Gasteiger partial charge in [-0.3, -0.25) is 14.4 Å². The number of nitrogens with zero attached hydrogens (tertiary/aromatic N) is 2. The Kier molecular flexibility index (Phi) is 6.16. The van der Waals surface area contributed by atoms with Gasteiger partial charge in [-0.15, -0.1) is 0 Å². The molecule has 1 fully saturated rings. The third kappa shape index (κ3) is 4.53. The van der Waals surface area contributed by atoms with Crippen LogP contribution >= 0.6 is 0 Å². The topological polar surface area (TPSA) is 71.4 Å². The highest BCUT2D eigenvalue weighted by molar-refractivity contribution is 6.44. The van der Waals surface area contributed by atoms with Gasteiger partial charge in [0.2, 0.25) is 5.91 Å². The van der Waals surface area contributed by atoms with Crippen LogP contribution in [-0.4, -0.2) is 40.2 Å². The number of piperidine rings is 1. The Balaban J connectivity index is 1.54. The van der Waals surface area contributed by atoms with Gasteiger partial charge in [-0.05, 0) is 37.8 Å². The lowest BCUT2D eigenvalue weighted by molar-refractivity contribution is -0.127. The summed E-state index contributed by atoms with van der Waals surface area (Å²) in [5, 5.41) is 3.70. The Morgan fingerprint density at radius 1 is 0.935 bits per heavy atom. The minimum Gasteiger partial charge on any atom is -0.348 e. The minimum atomic E-state index is -0.505. The summed E-state index contributed by atoms with van der Waals surface area (Å²) in [4.78, 5) is 40.1. The highest BCUT2D eigenvalue weighted by atomic mass is 16.2. The molecule has 160 valence electrons. The molecule has 0 saturated carbocycles. The molecule has 0 unspecified atom stereocenters. The van der Waals surface area contributed by atoms with Gasteiger partial charge in [-0.2, -0.15) is 0 Å². The smallest absolute Gasteiger partial charge is 0.295 e. The fraction of sp³-hybridized carbons (Fsp3) is 0.320. The van der Waals surface area contributed by atoms with E-state index in [0.29, 0.717) is 24.0 Å². The molecule has 1 aliphatic rings. The van der Waals surface area contributed by atoms with Crippen molar-refractivity contribution >= 4 is 28.5 Å². The maximum absolute atomic E-state index is 13.0. The molecule has 3 aromatic rings. The lowest BCUT2D eigenvalue weighted by atomic mass is 10.1. The van der Waals surface area contributed by atoms with Gasteiger partial charge in [0, 0.05) is 30.2 Å². The first kappa shape index (κ1) is 20.8. The quantitative estimate of drug-likeness (QED) is 0.491. The van der Waals surface area contributed by atoms with Gasteiger partial charge in [0.1, 0.15) is 6.54 Å². The molecule has 1 saturated heterocycles. The standard InChI is InChI=1S/C25H27N3O3/c1-18(19-10-4-2-5-11-19)26-23(29)17-28-16-21(20-12-6-7-13-22(20)28)24(30)25(31)27-14-8-3-9-15-27/h2,4-7,10-13,16,18H,3,8-9,14-15,17H2,1H3,(H,26,29)/t18-/m0/s1. The number of likely N-dealkylation sites (tertiary alicyclic amines) is 1. The Bertz CT molecular complexity index is 1100. The fourth-order valence-corrected chi connectivity index (χ4v) is 4.18. The number of rotatable bonds is 6. The molecule has 6 nitrogen and oxygen atoms in total. The summed E-state index contributed by atoms with van der Waals surface area (Å²) in [5.41, 5.74) is 2.14. The predicted octanol–water partition coefficient (Wildman–Crippen LogP) is 3.71. The highest BCUT2D eigenvalue weighted by Gasteiger charge is 2.27. The first-order valence-corrected chi connectivity index (χ1v) is 10.8. The number of amides is 2. The van der Waals surface area contributed by atoms with Gasteiger partial charge < -0.3 is 14.8 Å². The molecule has 4 rings (SSSR count). The number of fused-ring (bicyclic) bond motifs is 1. The van der Waals surface area contributed by atoms with Crippen LogP contribution in [0.25, 0.3) is 10.9 Å². The zero-order chi connectivity index (χ0) is 21.8. The molecule has 6 heteroatoms. The summed E-state index contributed by atoms with van der Waals surface area (Å²) in [6.07, 6.45) is 4.59. The maximum atomic E-state index is 13.0. The zero-order valence-corrected chi connectivity index (χ0v) is 17.7. The zero-order valence-electron chi connectivity index (χ0n) is 17.7. The number of hydrogen-bond acceptors (Lipinski definition) is 3. The molecule has 2 aromatic carbocycles. The molecule has 2 heterocycles. The van der Waals surface area contributed by atoms with E-state index in [4.69, 9.17) is 0 Å². The Labute approximate surface area is 181 Å². The van der Waals surface area contributed by atoms with Crippen molar-refractivity contribution in [3.05, 3.63) is 71.9 Å². The van der Waals surface area contributed by atoms with Crippen LogP contribution in [-0.2, 0) is 16.1 Å². The summed E-state index contributed by atoms with van der Waals surface area (Å²) >= 11 is 0. The second-order valence-electron chi connectivity index (χ2n) is 8.07. The first-order valence-electron chi connectivity index (χ1n) is 10.8. The van der Waals surface area contributed by atoms with E-state index >= 15 is 0 Å². The number of Topliss-reactive ketones (excluding diaryl/α,β-unsaturated/α-hetero) is 1. The van der Waals surface area contributed by atoms with Crippen LogP contribution in [0.4, 0.5) is 0 Å². The number of benzene rings is 2. The second-order valence-corrected chi connectivity index (χ2v) is 8.07. The summed E-state index contributed by atoms with van der Waals surface area (Å²) in [6.45, 7) is 3.27. The van der Waals surface area contributed by atoms with Crippen LogP contribution in [0.2, 0.25) is 0 Å². The second kappa shape index (κ2) is 9.16. The predicted molar refractivity (Wildman–Crippen MR) is 120 cm³/mol. The molecule has 0 spiro atoms. The van der Waals surface area contributed by atoms with Gasteiger partial charge >= 0.3 is 0 Å². The number of carbonyl (C=O) groups excluding carboxylic acids is 3. The average molecular weight is 418 g/mol. The molecule has 1 N–H and O–H groups in total. The summed E-state index contributed by atoms with van der Waals surface area (Å²) in [6, 6.07) is 17.0. The van der Waals surface area contributed by atoms with Crippen molar-refractivity contribution < 1.29 is 14.4 Å². The van der Waals surface area contributed by atoms with Gasteiger partial charge in [0.25, 0.3) is 11.7 Å². The molecule has 31 heavy (non-hydrogen) atoms. The van der Waals surface area contributed by atoms with Gasteiger partial charge in [0.15, 0.2) is 0 Å². The first-order chi connectivity index (χ1) is 15.0. The van der Waals surface area contributed by atoms with Crippen molar-refractivity contribution in [3.63, 3.8) is 0 Å². The average Bonchev–Trinajstić information content (AvgIpc) is 3.17. The lowest BCUT2D eigenvalue weighted by Gasteiger charge is -2.25. The minimum absolute atomic E-state index is 0.0723. The van der Waals surface area contributed by atoms with Crippen LogP contribution in [0.3, 0.4) is 0 Å². The van der Waals surface area contributed by atoms with Crippen molar-refractivity contribution in [1.82, 2.24) is 14.8 Å². The molecule has 0 bridgehead atoms. The Morgan fingerprint density at radius 2 is 1.61 bits per heavy atom. The van der Waals surface area contributed by atoms with E-state index in [0.717, 1.165) is 30.3 Å². The molecular formula is C25H27N3O3. The molecule has 1 atom stereocenters. The molecule has 0 aliphatic carbocycles. The third-order valence-corrected chi connectivity index (χ3v) is 5.86. The number of nitrogens with one attached hydrogen (secondary N) is 1. The van der Waals surface area contributed by atoms with Crippen LogP contribution in [0.1, 0.15) is 48.1 Å². The number of ketones is 1. The Morgan fingerprint density at radius 3 is 2.35 bits per heavy atom. The van der Waals surface area contributed by atoms with Crippen LogP contribution in [0.5, 0.6) is 0 Å². The molecule has 2 amide bonds. The normalized spacial score (nSPS) is 14.9. The molecule has 1 aromatic heterocycles. The van der Waals surface area contributed by atoms with Crippen molar-refractivity contribution in [2.75, 3.05) is 13.1 Å². The monoisotopic (exact) mass is 417 g/mol. The number of hydrogen-bond donors (Lipinski definition) is 1. The van der Waals surface area contributed by atoms with Gasteiger partial charge in [0.05, 0.1) is 11.6 Å². The Hall–Kier alpha value is -3.41. The molecular weight excluding hydrogens is 390 g/mol. The number of carbonyl (C=O) groups is 3. The largest absolute Gasteiger partial charge is 0.348 e. The van der Waals surface area contributed by atoms with Crippen molar-refractivity contribution in [1.29, 1.82) is 0 Å². The van der Waals surface area contributed by atoms with Gasteiger partial charge in [-0.25, -0.2) is 0 Å². The fourth-order valence-electron chi connectivity index (χ4n) is 4.18. The van der Waals surface area contributed by atoms with Crippen LogP contribution < -0.4 is 5.32 Å². The van der Waals surface area contributed by atoms with Crippen LogP contribution in [0, 0.1) is 0 Å². The number of para-hydroxylation sites is 1. The van der Waals surface area contributed by atoms with Crippen molar-refractivity contribution in [2.24, 2.45) is 0 Å². The third-order valence-electron chi connectivity index (χ3n) is 5.86. The van der Waals surface area contributed by atoms with E-state index in [-0.39, 0.29) is 18.5 Å². The van der Waals surface area contributed by atoms with E-state index in [1.807, 2.05) is 61.5 Å². The van der Waals surface area contributed by atoms with E-state index in [1.165, 1.54) is 0 Å². The maximum Gasteiger partial charge on any atom is 0.295 e. The van der Waals surface area contributed by atoms with E-state index in [2.05, 4.69) is 5.32 Å². The highest BCUT2D eigenvalue weighted by Crippen LogP contribution is 2.23. The lowest BCUT2D eigenvalue weighted by Crippen LogP contribution is -2.40. The summed E-state index contributed by atoms with van der Waals surface area (Å²) < 4.78 is 1.75. The van der Waals surface area contributed by atoms with Crippen molar-refractivity contribution in [3.8, 4) is 0 Å². The summed E-state index contributed by atoms with van der Waals surface area (Å²) in [5.74, 6) is -1.11. The molecule has 1 aliphatic heterocycles. The van der Waals surface area contributed by atoms with Crippen LogP contribution in [0.15, 0.2) is 60.8 Å². The van der Waals surface area contributed by atoms with Gasteiger partial charge in [-0.1, -0.05) is 48.5 Å². The van der Waals surface area contributed by atoms with Crippen molar-refractivity contribution in [2.45, 2.75) is 38.8 Å².